The largest absolute Gasteiger partial charge is 0.497 e. The molecule has 6 heteroatoms. The van der Waals surface area contributed by atoms with Crippen LogP contribution in [0.15, 0.2) is 78.9 Å². The van der Waals surface area contributed by atoms with E-state index in [9.17, 15) is 13.2 Å². The molecule has 0 spiro atoms. The minimum atomic E-state index is -4.36. The summed E-state index contributed by atoms with van der Waals surface area (Å²) in [5, 5.41) is 0. The molecule has 0 aliphatic rings. The number of alkyl halides is 3. The number of benzene rings is 3. The second kappa shape index (κ2) is 10.4. The first-order valence-electron chi connectivity index (χ1n) is 10.1. The van der Waals surface area contributed by atoms with E-state index in [1.165, 1.54) is 17.7 Å². The molecule has 1 unspecified atom stereocenters. The van der Waals surface area contributed by atoms with Crippen molar-refractivity contribution in [1.29, 1.82) is 0 Å². The van der Waals surface area contributed by atoms with Gasteiger partial charge in [-0.1, -0.05) is 42.5 Å². The molecule has 1 atom stereocenters. The van der Waals surface area contributed by atoms with Crippen LogP contribution in [0, 0.1) is 0 Å². The van der Waals surface area contributed by atoms with E-state index in [0.29, 0.717) is 12.2 Å². The van der Waals surface area contributed by atoms with Crippen molar-refractivity contribution >= 4 is 0 Å². The molecule has 0 aliphatic heterocycles. The summed E-state index contributed by atoms with van der Waals surface area (Å²) in [7, 11) is 3.67. The Balaban J connectivity index is 1.65. The van der Waals surface area contributed by atoms with E-state index >= 15 is 0 Å². The molecule has 3 aromatic carbocycles. The molecule has 164 valence electrons. The molecule has 0 saturated heterocycles. The third-order valence-corrected chi connectivity index (χ3v) is 5.02. The SMILES string of the molecule is COc1ccc(CN(C)CCC(Oc2ccc(C(F)(F)F)cc2)c2ccccc2)cc1. The Morgan fingerprint density at radius 3 is 2.03 bits per heavy atom. The van der Waals surface area contributed by atoms with Gasteiger partial charge in [0, 0.05) is 19.5 Å². The lowest BCUT2D eigenvalue weighted by Crippen LogP contribution is -2.22. The van der Waals surface area contributed by atoms with Crippen LogP contribution in [0.5, 0.6) is 11.5 Å². The number of methoxy groups -OCH3 is 1. The van der Waals surface area contributed by atoms with Crippen LogP contribution in [0.3, 0.4) is 0 Å². The second-order valence-electron chi connectivity index (χ2n) is 7.41. The van der Waals surface area contributed by atoms with Gasteiger partial charge in [0.1, 0.15) is 17.6 Å². The van der Waals surface area contributed by atoms with Crippen LogP contribution in [0.25, 0.3) is 0 Å². The first-order chi connectivity index (χ1) is 14.8. The fourth-order valence-corrected chi connectivity index (χ4v) is 3.31. The van der Waals surface area contributed by atoms with Crippen molar-refractivity contribution in [2.75, 3.05) is 20.7 Å². The summed E-state index contributed by atoms with van der Waals surface area (Å²) >= 11 is 0. The lowest BCUT2D eigenvalue weighted by molar-refractivity contribution is -0.137. The highest BCUT2D eigenvalue weighted by atomic mass is 19.4. The topological polar surface area (TPSA) is 21.7 Å². The Hall–Kier alpha value is -2.99. The number of hydrogen-bond donors (Lipinski definition) is 0. The predicted molar refractivity (Wildman–Crippen MR) is 115 cm³/mol. The standard InChI is InChI=1S/C25H26F3NO2/c1-29(18-19-8-12-22(30-2)13-9-19)17-16-24(20-6-4-3-5-7-20)31-23-14-10-21(11-15-23)25(26,27)28/h3-15,24H,16-18H2,1-2H3. The highest BCUT2D eigenvalue weighted by Gasteiger charge is 2.30. The lowest BCUT2D eigenvalue weighted by atomic mass is 10.1. The summed E-state index contributed by atoms with van der Waals surface area (Å²) in [6.45, 7) is 1.53. The molecular formula is C25H26F3NO2. The zero-order chi connectivity index (χ0) is 22.3. The van der Waals surface area contributed by atoms with E-state index in [0.717, 1.165) is 36.5 Å². The van der Waals surface area contributed by atoms with Gasteiger partial charge in [-0.3, -0.25) is 0 Å². The van der Waals surface area contributed by atoms with Gasteiger partial charge in [-0.15, -0.1) is 0 Å². The van der Waals surface area contributed by atoms with Crippen molar-refractivity contribution in [3.8, 4) is 11.5 Å². The van der Waals surface area contributed by atoms with Gasteiger partial charge in [-0.05, 0) is 54.6 Å². The molecule has 0 heterocycles. The number of halogens is 3. The van der Waals surface area contributed by atoms with Crippen LogP contribution in [0.2, 0.25) is 0 Å². The maximum absolute atomic E-state index is 12.8. The molecule has 0 aromatic heterocycles. The molecule has 3 aromatic rings. The second-order valence-corrected chi connectivity index (χ2v) is 7.41. The van der Waals surface area contributed by atoms with Gasteiger partial charge >= 0.3 is 6.18 Å². The first-order valence-corrected chi connectivity index (χ1v) is 10.1. The minimum Gasteiger partial charge on any atom is -0.497 e. The average molecular weight is 429 g/mol. The van der Waals surface area contributed by atoms with Crippen LogP contribution in [0.4, 0.5) is 13.2 Å². The van der Waals surface area contributed by atoms with Crippen molar-refractivity contribution in [3.63, 3.8) is 0 Å². The van der Waals surface area contributed by atoms with Crippen LogP contribution >= 0.6 is 0 Å². The average Bonchev–Trinajstić information content (AvgIpc) is 2.77. The number of rotatable bonds is 9. The fourth-order valence-electron chi connectivity index (χ4n) is 3.31. The molecule has 0 aliphatic carbocycles. The molecular weight excluding hydrogens is 403 g/mol. The van der Waals surface area contributed by atoms with Crippen molar-refractivity contribution < 1.29 is 22.6 Å². The van der Waals surface area contributed by atoms with E-state index in [2.05, 4.69) is 4.90 Å². The van der Waals surface area contributed by atoms with Crippen LogP contribution in [-0.2, 0) is 12.7 Å². The molecule has 3 nitrogen and oxygen atoms in total. The Bertz CT molecular complexity index is 926. The van der Waals surface area contributed by atoms with Crippen LogP contribution in [0.1, 0.15) is 29.2 Å². The number of ether oxygens (including phenoxy) is 2. The van der Waals surface area contributed by atoms with Crippen LogP contribution < -0.4 is 9.47 Å². The van der Waals surface area contributed by atoms with E-state index in [1.807, 2.05) is 61.6 Å². The predicted octanol–water partition coefficient (Wildman–Crippen LogP) is 6.36. The normalized spacial score (nSPS) is 12.6. The van der Waals surface area contributed by atoms with Gasteiger partial charge in [0.15, 0.2) is 0 Å². The quantitative estimate of drug-likeness (QED) is 0.395. The monoisotopic (exact) mass is 429 g/mol. The zero-order valence-corrected chi connectivity index (χ0v) is 17.6. The van der Waals surface area contributed by atoms with Gasteiger partial charge in [-0.2, -0.15) is 13.2 Å². The van der Waals surface area contributed by atoms with Crippen molar-refractivity contribution in [1.82, 2.24) is 4.90 Å². The maximum atomic E-state index is 12.8. The molecule has 0 amide bonds. The van der Waals surface area contributed by atoms with Gasteiger partial charge < -0.3 is 14.4 Å². The molecule has 3 rings (SSSR count). The Morgan fingerprint density at radius 2 is 1.45 bits per heavy atom. The third-order valence-electron chi connectivity index (χ3n) is 5.02. The molecule has 0 radical (unpaired) electrons. The molecule has 0 fully saturated rings. The Morgan fingerprint density at radius 1 is 0.839 bits per heavy atom. The van der Waals surface area contributed by atoms with Gasteiger partial charge in [0.25, 0.3) is 0 Å². The van der Waals surface area contributed by atoms with Crippen LogP contribution in [-0.4, -0.2) is 25.6 Å². The molecule has 0 N–H and O–H groups in total. The zero-order valence-electron chi connectivity index (χ0n) is 17.6. The highest BCUT2D eigenvalue weighted by molar-refractivity contribution is 5.30. The fraction of sp³-hybridized carbons (Fsp3) is 0.280. The van der Waals surface area contributed by atoms with Gasteiger partial charge in [-0.25, -0.2) is 0 Å². The van der Waals surface area contributed by atoms with E-state index in [4.69, 9.17) is 9.47 Å². The molecule has 0 saturated carbocycles. The third kappa shape index (κ3) is 6.76. The van der Waals surface area contributed by atoms with Crippen molar-refractivity contribution in [2.24, 2.45) is 0 Å². The smallest absolute Gasteiger partial charge is 0.416 e. The summed E-state index contributed by atoms with van der Waals surface area (Å²) in [5.41, 5.74) is 1.47. The summed E-state index contributed by atoms with van der Waals surface area (Å²) in [6, 6.07) is 22.5. The highest BCUT2D eigenvalue weighted by Crippen LogP contribution is 2.32. The minimum absolute atomic E-state index is 0.267. The lowest BCUT2D eigenvalue weighted by Gasteiger charge is -2.23. The maximum Gasteiger partial charge on any atom is 0.416 e. The summed E-state index contributed by atoms with van der Waals surface area (Å²) in [6.07, 6.45) is -3.93. The van der Waals surface area contributed by atoms with E-state index in [1.54, 1.807) is 7.11 Å². The van der Waals surface area contributed by atoms with Crippen molar-refractivity contribution in [2.45, 2.75) is 25.2 Å². The summed E-state index contributed by atoms with van der Waals surface area (Å²) in [4.78, 5) is 2.19. The first kappa shape index (κ1) is 22.7. The Kier molecular flexibility index (Phi) is 7.58. The van der Waals surface area contributed by atoms with E-state index in [-0.39, 0.29) is 6.10 Å². The van der Waals surface area contributed by atoms with E-state index < -0.39 is 11.7 Å². The summed E-state index contributed by atoms with van der Waals surface area (Å²) < 4.78 is 49.8. The molecule has 0 bridgehead atoms. The van der Waals surface area contributed by atoms with Crippen molar-refractivity contribution in [3.05, 3.63) is 95.6 Å². The number of nitrogens with zero attached hydrogens (tertiary/aromatic N) is 1. The van der Waals surface area contributed by atoms with Gasteiger partial charge in [0.2, 0.25) is 0 Å². The Labute approximate surface area is 181 Å². The van der Waals surface area contributed by atoms with Gasteiger partial charge in [0.05, 0.1) is 12.7 Å². The molecule has 31 heavy (non-hydrogen) atoms. The summed E-state index contributed by atoms with van der Waals surface area (Å²) in [5.74, 6) is 1.24. The number of hydrogen-bond acceptors (Lipinski definition) is 3.